The third-order valence-corrected chi connectivity index (χ3v) is 5.96. The summed E-state index contributed by atoms with van der Waals surface area (Å²) in [6, 6.07) is 7.51. The molecule has 29 heavy (non-hydrogen) atoms. The molecule has 0 aliphatic carbocycles. The summed E-state index contributed by atoms with van der Waals surface area (Å²) < 4.78 is 10.7. The highest BCUT2D eigenvalue weighted by atomic mass is 32.1. The Bertz CT molecular complexity index is 807. The van der Waals surface area contributed by atoms with Gasteiger partial charge >= 0.3 is 0 Å². The average molecular weight is 418 g/mol. The number of carbonyl (C=O) groups excluding carboxylic acids is 1. The second-order valence-electron chi connectivity index (χ2n) is 8.20. The van der Waals surface area contributed by atoms with E-state index in [1.807, 2.05) is 29.2 Å². The first kappa shape index (κ1) is 21.6. The number of carbonyl (C=O) groups is 1. The summed E-state index contributed by atoms with van der Waals surface area (Å²) in [5.41, 5.74) is 1.93. The van der Waals surface area contributed by atoms with Crippen molar-refractivity contribution in [2.24, 2.45) is 0 Å². The van der Waals surface area contributed by atoms with Gasteiger partial charge in [-0.3, -0.25) is 4.79 Å². The number of hydrogen-bond acceptors (Lipinski definition) is 6. The lowest BCUT2D eigenvalue weighted by Crippen LogP contribution is -2.50. The number of amides is 1. The van der Waals surface area contributed by atoms with Crippen molar-refractivity contribution in [1.29, 1.82) is 0 Å². The van der Waals surface area contributed by atoms with Crippen molar-refractivity contribution < 1.29 is 14.3 Å². The zero-order valence-electron chi connectivity index (χ0n) is 18.0. The van der Waals surface area contributed by atoms with Crippen molar-refractivity contribution in [2.45, 2.75) is 45.6 Å². The van der Waals surface area contributed by atoms with E-state index in [-0.39, 0.29) is 17.4 Å². The summed E-state index contributed by atoms with van der Waals surface area (Å²) in [5, 5.41) is 2.94. The standard InChI is InChI=1S/C22H31N3O3S/c1-6-18(20(26)24-11-13-28-14-12-24)25(16-7-9-17(27-5)10-8-16)21-23-19(15-29-21)22(2,3)4/h7-10,15,18H,6,11-14H2,1-5H3. The summed E-state index contributed by atoms with van der Waals surface area (Å²) in [7, 11) is 1.65. The van der Waals surface area contributed by atoms with Crippen LogP contribution in [-0.2, 0) is 14.9 Å². The molecule has 1 aliphatic rings. The van der Waals surface area contributed by atoms with Crippen LogP contribution in [0.25, 0.3) is 0 Å². The van der Waals surface area contributed by atoms with Gasteiger partial charge in [0.15, 0.2) is 5.13 Å². The molecule has 1 unspecified atom stereocenters. The van der Waals surface area contributed by atoms with Gasteiger partial charge in [0.2, 0.25) is 5.91 Å². The van der Waals surface area contributed by atoms with Crippen LogP contribution < -0.4 is 9.64 Å². The zero-order chi connectivity index (χ0) is 21.0. The molecule has 3 rings (SSSR count). The monoisotopic (exact) mass is 417 g/mol. The number of benzene rings is 1. The van der Waals surface area contributed by atoms with Gasteiger partial charge in [-0.05, 0) is 30.7 Å². The van der Waals surface area contributed by atoms with Crippen LogP contribution >= 0.6 is 11.3 Å². The van der Waals surface area contributed by atoms with E-state index in [0.717, 1.165) is 22.3 Å². The first-order valence-corrected chi connectivity index (χ1v) is 11.0. The molecular formula is C22H31N3O3S. The van der Waals surface area contributed by atoms with Crippen molar-refractivity contribution in [1.82, 2.24) is 9.88 Å². The molecule has 2 aromatic rings. The first-order chi connectivity index (χ1) is 13.8. The van der Waals surface area contributed by atoms with Gasteiger partial charge in [-0.2, -0.15) is 0 Å². The lowest BCUT2D eigenvalue weighted by atomic mass is 9.93. The van der Waals surface area contributed by atoms with Crippen molar-refractivity contribution >= 4 is 28.1 Å². The second-order valence-corrected chi connectivity index (χ2v) is 9.03. The molecule has 0 N–H and O–H groups in total. The number of methoxy groups -OCH3 is 1. The molecule has 1 saturated heterocycles. The average Bonchev–Trinajstić information content (AvgIpc) is 3.22. The van der Waals surface area contributed by atoms with Gasteiger partial charge in [-0.25, -0.2) is 4.98 Å². The number of thiazole rings is 1. The lowest BCUT2D eigenvalue weighted by Gasteiger charge is -2.35. The first-order valence-electron chi connectivity index (χ1n) is 10.1. The van der Waals surface area contributed by atoms with E-state index in [9.17, 15) is 4.79 Å². The van der Waals surface area contributed by atoms with Crippen LogP contribution in [0.5, 0.6) is 5.75 Å². The van der Waals surface area contributed by atoms with Crippen molar-refractivity contribution in [2.75, 3.05) is 38.3 Å². The van der Waals surface area contributed by atoms with Crippen LogP contribution in [0.4, 0.5) is 10.8 Å². The summed E-state index contributed by atoms with van der Waals surface area (Å²) in [6.45, 7) is 11.0. The molecule has 7 heteroatoms. The minimum Gasteiger partial charge on any atom is -0.497 e. The Morgan fingerprint density at radius 2 is 1.93 bits per heavy atom. The molecule has 1 aliphatic heterocycles. The third-order valence-electron chi connectivity index (χ3n) is 5.12. The maximum absolute atomic E-state index is 13.4. The largest absolute Gasteiger partial charge is 0.497 e. The predicted molar refractivity (Wildman–Crippen MR) is 117 cm³/mol. The number of ether oxygens (including phenoxy) is 2. The van der Waals surface area contributed by atoms with E-state index in [4.69, 9.17) is 14.5 Å². The van der Waals surface area contributed by atoms with Gasteiger partial charge in [0.25, 0.3) is 0 Å². The van der Waals surface area contributed by atoms with E-state index >= 15 is 0 Å². The second kappa shape index (κ2) is 9.13. The molecule has 1 atom stereocenters. The highest BCUT2D eigenvalue weighted by Crippen LogP contribution is 2.36. The van der Waals surface area contributed by atoms with Crippen LogP contribution in [-0.4, -0.2) is 55.2 Å². The number of morpholine rings is 1. The molecule has 1 amide bonds. The quantitative estimate of drug-likeness (QED) is 0.704. The predicted octanol–water partition coefficient (Wildman–Crippen LogP) is 4.22. The molecule has 0 radical (unpaired) electrons. The smallest absolute Gasteiger partial charge is 0.245 e. The minimum absolute atomic E-state index is 0.0454. The molecule has 1 aromatic heterocycles. The molecule has 158 valence electrons. The minimum atomic E-state index is -0.319. The molecule has 0 saturated carbocycles. The maximum atomic E-state index is 13.4. The summed E-state index contributed by atoms with van der Waals surface area (Å²) in [6.07, 6.45) is 0.687. The number of nitrogens with zero attached hydrogens (tertiary/aromatic N) is 3. The lowest BCUT2D eigenvalue weighted by molar-refractivity contribution is -0.136. The topological polar surface area (TPSA) is 54.9 Å². The van der Waals surface area contributed by atoms with Crippen LogP contribution in [0.2, 0.25) is 0 Å². The maximum Gasteiger partial charge on any atom is 0.245 e. The Hall–Kier alpha value is -2.12. The van der Waals surface area contributed by atoms with Crippen molar-refractivity contribution in [3.63, 3.8) is 0 Å². The SMILES string of the molecule is CCC(C(=O)N1CCOCC1)N(c1ccc(OC)cc1)c1nc(C(C)(C)C)cs1. The molecule has 6 nitrogen and oxygen atoms in total. The van der Waals surface area contributed by atoms with E-state index in [1.165, 1.54) is 0 Å². The fourth-order valence-electron chi connectivity index (χ4n) is 3.35. The van der Waals surface area contributed by atoms with Crippen LogP contribution in [0, 0.1) is 0 Å². The third kappa shape index (κ3) is 4.90. The van der Waals surface area contributed by atoms with Crippen LogP contribution in [0.3, 0.4) is 0 Å². The summed E-state index contributed by atoms with van der Waals surface area (Å²) >= 11 is 1.59. The summed E-state index contributed by atoms with van der Waals surface area (Å²) in [5.74, 6) is 0.912. The fraction of sp³-hybridized carbons (Fsp3) is 0.545. The van der Waals surface area contributed by atoms with Crippen molar-refractivity contribution in [3.05, 3.63) is 35.3 Å². The Kier molecular flexibility index (Phi) is 6.80. The molecular weight excluding hydrogens is 386 g/mol. The van der Waals surface area contributed by atoms with E-state index in [1.54, 1.807) is 18.4 Å². The van der Waals surface area contributed by atoms with Crippen LogP contribution in [0.15, 0.2) is 29.6 Å². The fourth-order valence-corrected chi connectivity index (χ4v) is 4.47. The van der Waals surface area contributed by atoms with Gasteiger partial charge in [0.1, 0.15) is 11.8 Å². The Balaban J connectivity index is 2.00. The van der Waals surface area contributed by atoms with Gasteiger partial charge in [0.05, 0.1) is 26.0 Å². The van der Waals surface area contributed by atoms with E-state index in [2.05, 4.69) is 38.0 Å². The van der Waals surface area contributed by atoms with Gasteiger partial charge in [-0.1, -0.05) is 27.7 Å². The molecule has 0 spiro atoms. The zero-order valence-corrected chi connectivity index (χ0v) is 18.8. The highest BCUT2D eigenvalue weighted by molar-refractivity contribution is 7.13. The van der Waals surface area contributed by atoms with Gasteiger partial charge < -0.3 is 19.3 Å². The molecule has 1 aromatic carbocycles. The van der Waals surface area contributed by atoms with Gasteiger partial charge in [0, 0.05) is 29.6 Å². The molecule has 2 heterocycles. The highest BCUT2D eigenvalue weighted by Gasteiger charge is 2.33. The number of aromatic nitrogens is 1. The number of anilines is 2. The molecule has 1 fully saturated rings. The Morgan fingerprint density at radius 1 is 1.28 bits per heavy atom. The molecule has 0 bridgehead atoms. The normalized spacial score (nSPS) is 15.8. The van der Waals surface area contributed by atoms with Gasteiger partial charge in [-0.15, -0.1) is 11.3 Å². The van der Waals surface area contributed by atoms with Crippen molar-refractivity contribution in [3.8, 4) is 5.75 Å². The van der Waals surface area contributed by atoms with Crippen LogP contribution in [0.1, 0.15) is 39.8 Å². The van der Waals surface area contributed by atoms with E-state index in [0.29, 0.717) is 32.7 Å². The summed E-state index contributed by atoms with van der Waals surface area (Å²) in [4.78, 5) is 22.3. The Labute approximate surface area is 177 Å². The number of rotatable bonds is 6. The Morgan fingerprint density at radius 3 is 2.45 bits per heavy atom. The van der Waals surface area contributed by atoms with E-state index < -0.39 is 0 Å². The number of hydrogen-bond donors (Lipinski definition) is 0.